The minimum absolute atomic E-state index is 0.0768. The number of pyridine rings is 1. The summed E-state index contributed by atoms with van der Waals surface area (Å²) in [5.74, 6) is -1.29. The van der Waals surface area contributed by atoms with Gasteiger partial charge in [0.25, 0.3) is 15.9 Å². The Morgan fingerprint density at radius 3 is 2.56 bits per heavy atom. The number of rotatable bonds is 7. The van der Waals surface area contributed by atoms with Gasteiger partial charge in [-0.05, 0) is 78.9 Å². The van der Waals surface area contributed by atoms with E-state index in [0.29, 0.717) is 19.0 Å². The minimum atomic E-state index is -4.20. The lowest BCUT2D eigenvalue weighted by molar-refractivity contribution is -0.131. The van der Waals surface area contributed by atoms with Gasteiger partial charge < -0.3 is 15.2 Å². The van der Waals surface area contributed by atoms with E-state index in [2.05, 4.69) is 20.0 Å². The second kappa shape index (κ2) is 11.0. The number of benzene rings is 2. The zero-order valence-corrected chi connectivity index (χ0v) is 22.2. The first-order valence-corrected chi connectivity index (χ1v) is 14.1. The molecular formula is C27H25ClFN5O4S. The van der Waals surface area contributed by atoms with Gasteiger partial charge in [-0.1, -0.05) is 11.6 Å². The number of nitrogens with zero attached hydrogens (tertiary/aromatic N) is 2. The fourth-order valence-corrected chi connectivity index (χ4v) is 6.00. The number of aromatic amines is 1. The molecule has 1 saturated heterocycles. The van der Waals surface area contributed by atoms with Crippen molar-refractivity contribution >= 4 is 50.2 Å². The molecule has 0 saturated carbocycles. The Morgan fingerprint density at radius 2 is 1.85 bits per heavy atom. The number of likely N-dealkylation sites (tertiary alicyclic amines) is 1. The van der Waals surface area contributed by atoms with Crippen LogP contribution in [0.15, 0.2) is 71.9 Å². The van der Waals surface area contributed by atoms with Crippen LogP contribution in [0.1, 0.15) is 34.7 Å². The van der Waals surface area contributed by atoms with Crippen molar-refractivity contribution < 1.29 is 22.4 Å². The van der Waals surface area contributed by atoms with Crippen LogP contribution in [0.25, 0.3) is 11.0 Å². The molecule has 2 aromatic heterocycles. The van der Waals surface area contributed by atoms with Gasteiger partial charge in [0.2, 0.25) is 5.91 Å². The van der Waals surface area contributed by atoms with Gasteiger partial charge in [-0.25, -0.2) is 17.8 Å². The van der Waals surface area contributed by atoms with Crippen molar-refractivity contribution in [2.24, 2.45) is 0 Å². The number of fused-ring (bicyclic) bond motifs is 1. The molecule has 1 aliphatic heterocycles. The summed E-state index contributed by atoms with van der Waals surface area (Å²) in [7, 11) is -4.20. The van der Waals surface area contributed by atoms with Crippen molar-refractivity contribution in [2.45, 2.75) is 23.7 Å². The normalized spacial score (nSPS) is 14.4. The number of sulfonamides is 1. The molecule has 0 atom stereocenters. The third-order valence-corrected chi connectivity index (χ3v) is 8.40. The molecule has 0 radical (unpaired) electrons. The largest absolute Gasteiger partial charge is 0.346 e. The zero-order chi connectivity index (χ0) is 27.6. The first kappa shape index (κ1) is 26.6. The molecule has 9 nitrogen and oxygen atoms in total. The molecule has 3 N–H and O–H groups in total. The van der Waals surface area contributed by atoms with E-state index >= 15 is 0 Å². The molecule has 0 unspecified atom stereocenters. The number of piperidine rings is 1. The highest BCUT2D eigenvalue weighted by Crippen LogP contribution is 2.32. The Bertz CT molecular complexity index is 1630. The predicted octanol–water partition coefficient (Wildman–Crippen LogP) is 4.29. The minimum Gasteiger partial charge on any atom is -0.346 e. The SMILES string of the molecule is O=C(NCC(=O)N1CCC(c2c[nH]c3ncccc23)CC1)c1ccc(NS(=O)(=O)c2ccc(Cl)cc2F)cc1. The molecule has 0 bridgehead atoms. The van der Waals surface area contributed by atoms with Crippen LogP contribution in [0.5, 0.6) is 0 Å². The van der Waals surface area contributed by atoms with Gasteiger partial charge in [0.1, 0.15) is 16.4 Å². The quantitative estimate of drug-likeness (QED) is 0.306. The molecule has 0 spiro atoms. The number of carbonyl (C=O) groups excluding carboxylic acids is 2. The van der Waals surface area contributed by atoms with Crippen LogP contribution in [0.4, 0.5) is 10.1 Å². The third-order valence-electron chi connectivity index (χ3n) is 6.75. The molecule has 202 valence electrons. The maximum absolute atomic E-state index is 14.1. The third kappa shape index (κ3) is 5.89. The smallest absolute Gasteiger partial charge is 0.264 e. The van der Waals surface area contributed by atoms with Crippen LogP contribution in [-0.2, 0) is 14.8 Å². The van der Waals surface area contributed by atoms with E-state index in [1.54, 1.807) is 11.1 Å². The van der Waals surface area contributed by atoms with Crippen molar-refractivity contribution in [1.29, 1.82) is 0 Å². The number of aromatic nitrogens is 2. The summed E-state index contributed by atoms with van der Waals surface area (Å²) >= 11 is 5.69. The number of carbonyl (C=O) groups is 2. The molecular weight excluding hydrogens is 545 g/mol. The second-order valence-electron chi connectivity index (χ2n) is 9.24. The van der Waals surface area contributed by atoms with Crippen LogP contribution in [0, 0.1) is 5.82 Å². The predicted molar refractivity (Wildman–Crippen MR) is 146 cm³/mol. The number of hydrogen-bond donors (Lipinski definition) is 3. The average Bonchev–Trinajstić information content (AvgIpc) is 3.36. The monoisotopic (exact) mass is 569 g/mol. The molecule has 2 amide bonds. The Balaban J connectivity index is 1.12. The summed E-state index contributed by atoms with van der Waals surface area (Å²) in [5, 5.41) is 3.80. The van der Waals surface area contributed by atoms with E-state index in [9.17, 15) is 22.4 Å². The van der Waals surface area contributed by atoms with Crippen molar-refractivity contribution in [3.63, 3.8) is 0 Å². The second-order valence-corrected chi connectivity index (χ2v) is 11.3. The first-order valence-electron chi connectivity index (χ1n) is 12.3. The lowest BCUT2D eigenvalue weighted by atomic mass is 9.89. The summed E-state index contributed by atoms with van der Waals surface area (Å²) in [6.45, 7) is 1.04. The Labute approximate surface area is 229 Å². The van der Waals surface area contributed by atoms with Crippen molar-refractivity contribution in [1.82, 2.24) is 20.2 Å². The lowest BCUT2D eigenvalue weighted by Crippen LogP contribution is -2.43. The maximum Gasteiger partial charge on any atom is 0.264 e. The van der Waals surface area contributed by atoms with Crippen molar-refractivity contribution in [3.05, 3.63) is 89.0 Å². The summed E-state index contributed by atoms with van der Waals surface area (Å²) in [6.07, 6.45) is 5.38. The highest BCUT2D eigenvalue weighted by Gasteiger charge is 2.26. The van der Waals surface area contributed by atoms with Gasteiger partial charge in [-0.3, -0.25) is 14.3 Å². The van der Waals surface area contributed by atoms with Gasteiger partial charge in [0.15, 0.2) is 0 Å². The molecule has 3 heterocycles. The summed E-state index contributed by atoms with van der Waals surface area (Å²) in [4.78, 5) is 34.0. The molecule has 4 aromatic rings. The topological polar surface area (TPSA) is 124 Å². The summed E-state index contributed by atoms with van der Waals surface area (Å²) in [5.41, 5.74) is 2.46. The molecule has 1 aliphatic rings. The van der Waals surface area contributed by atoms with Gasteiger partial charge in [0.05, 0.1) is 6.54 Å². The van der Waals surface area contributed by atoms with Gasteiger partial charge in [0, 0.05) is 47.1 Å². The van der Waals surface area contributed by atoms with E-state index < -0.39 is 26.6 Å². The van der Waals surface area contributed by atoms with Crippen LogP contribution in [0.3, 0.4) is 0 Å². The van der Waals surface area contributed by atoms with Crippen LogP contribution in [0.2, 0.25) is 5.02 Å². The number of amides is 2. The molecule has 5 rings (SSSR count). The standard InChI is InChI=1S/C27H25ClFN5O4S/c28-19-5-8-24(23(29)14-19)39(37,38)33-20-6-3-18(4-7-20)27(36)32-16-25(35)34-12-9-17(10-13-34)22-15-31-26-21(22)2-1-11-30-26/h1-8,11,14-15,17,33H,9-10,12-13,16H2,(H,30,31)(H,32,36). The molecule has 2 aromatic carbocycles. The van der Waals surface area contributed by atoms with Gasteiger partial charge in [-0.15, -0.1) is 0 Å². The lowest BCUT2D eigenvalue weighted by Gasteiger charge is -2.32. The summed E-state index contributed by atoms with van der Waals surface area (Å²) in [6, 6.07) is 12.8. The van der Waals surface area contributed by atoms with E-state index in [1.165, 1.54) is 35.9 Å². The van der Waals surface area contributed by atoms with Crippen molar-refractivity contribution in [3.8, 4) is 0 Å². The van der Waals surface area contributed by atoms with Gasteiger partial charge in [-0.2, -0.15) is 0 Å². The number of nitrogens with one attached hydrogen (secondary N) is 3. The van der Waals surface area contributed by atoms with E-state index in [1.807, 2.05) is 18.3 Å². The highest BCUT2D eigenvalue weighted by atomic mass is 35.5. The number of hydrogen-bond acceptors (Lipinski definition) is 5. The number of H-pyrrole nitrogens is 1. The molecule has 1 fully saturated rings. The Kier molecular flexibility index (Phi) is 7.53. The Morgan fingerprint density at radius 1 is 1.10 bits per heavy atom. The van der Waals surface area contributed by atoms with E-state index in [-0.39, 0.29) is 28.7 Å². The zero-order valence-electron chi connectivity index (χ0n) is 20.7. The van der Waals surface area contributed by atoms with E-state index in [4.69, 9.17) is 11.6 Å². The number of anilines is 1. The Hall–Kier alpha value is -3.96. The van der Waals surface area contributed by atoms with Crippen LogP contribution >= 0.6 is 11.6 Å². The van der Waals surface area contributed by atoms with Crippen LogP contribution in [-0.4, -0.2) is 54.7 Å². The fourth-order valence-electron chi connectivity index (χ4n) is 4.72. The summed E-state index contributed by atoms with van der Waals surface area (Å²) < 4.78 is 41.3. The van der Waals surface area contributed by atoms with Crippen LogP contribution < -0.4 is 10.0 Å². The number of halogens is 2. The molecule has 0 aliphatic carbocycles. The van der Waals surface area contributed by atoms with E-state index in [0.717, 1.165) is 36.0 Å². The maximum atomic E-state index is 14.1. The van der Waals surface area contributed by atoms with Crippen molar-refractivity contribution in [2.75, 3.05) is 24.4 Å². The average molecular weight is 570 g/mol. The van der Waals surface area contributed by atoms with Gasteiger partial charge >= 0.3 is 0 Å². The molecule has 39 heavy (non-hydrogen) atoms. The molecule has 12 heteroatoms. The fraction of sp³-hybridized carbons (Fsp3) is 0.222. The first-order chi connectivity index (χ1) is 18.7. The highest BCUT2D eigenvalue weighted by molar-refractivity contribution is 7.92.